The Labute approximate surface area is 187 Å². The molecule has 2 aromatic rings. The third-order valence-corrected chi connectivity index (χ3v) is 4.25. The maximum atomic E-state index is 12.2. The van der Waals surface area contributed by atoms with Gasteiger partial charge in [0.15, 0.2) is 0 Å². The van der Waals surface area contributed by atoms with Crippen molar-refractivity contribution >= 4 is 17.9 Å². The van der Waals surface area contributed by atoms with Crippen molar-refractivity contribution < 1.29 is 28.6 Å². The molecule has 0 aromatic heterocycles. The first-order valence-electron chi connectivity index (χ1n) is 10.1. The number of benzene rings is 2. The SMILES string of the molecule is C=CC(=O)OCC/C=C/CCOC(=O)c1ccc(-c2ccc(OC(=O)C(=C)C)cc2)cc1. The molecule has 0 unspecified atom stereocenters. The third-order valence-electron chi connectivity index (χ3n) is 4.25. The molecule has 0 amide bonds. The summed E-state index contributed by atoms with van der Waals surface area (Å²) in [6, 6.07) is 14.1. The van der Waals surface area contributed by atoms with E-state index in [0.717, 1.165) is 17.2 Å². The fraction of sp³-hybridized carbons (Fsp3) is 0.192. The van der Waals surface area contributed by atoms with Crippen molar-refractivity contribution in [2.24, 2.45) is 0 Å². The second-order valence-electron chi connectivity index (χ2n) is 6.83. The number of carbonyl (C=O) groups is 3. The van der Waals surface area contributed by atoms with Crippen LogP contribution in [0.25, 0.3) is 11.1 Å². The van der Waals surface area contributed by atoms with Crippen LogP contribution in [0, 0.1) is 0 Å². The van der Waals surface area contributed by atoms with Crippen molar-refractivity contribution in [3.05, 3.63) is 91.1 Å². The molecule has 2 rings (SSSR count). The maximum absolute atomic E-state index is 12.2. The minimum atomic E-state index is -0.467. The molecule has 0 N–H and O–H groups in total. The van der Waals surface area contributed by atoms with E-state index in [2.05, 4.69) is 13.2 Å². The van der Waals surface area contributed by atoms with Crippen molar-refractivity contribution in [1.82, 2.24) is 0 Å². The highest BCUT2D eigenvalue weighted by Crippen LogP contribution is 2.23. The summed E-state index contributed by atoms with van der Waals surface area (Å²) in [5.41, 5.74) is 2.63. The molecule has 0 heterocycles. The number of ether oxygens (including phenoxy) is 3. The Morgan fingerprint density at radius 1 is 0.844 bits per heavy atom. The normalized spacial score (nSPS) is 10.4. The molecular formula is C26H26O6. The Morgan fingerprint density at radius 3 is 1.91 bits per heavy atom. The van der Waals surface area contributed by atoms with Crippen LogP contribution in [-0.2, 0) is 19.1 Å². The van der Waals surface area contributed by atoms with E-state index in [1.54, 1.807) is 31.2 Å². The number of hydrogen-bond donors (Lipinski definition) is 0. The van der Waals surface area contributed by atoms with Gasteiger partial charge >= 0.3 is 17.9 Å². The van der Waals surface area contributed by atoms with E-state index in [4.69, 9.17) is 14.2 Å². The van der Waals surface area contributed by atoms with Crippen LogP contribution in [0.1, 0.15) is 30.1 Å². The van der Waals surface area contributed by atoms with E-state index in [1.165, 1.54) is 0 Å². The quantitative estimate of drug-likeness (QED) is 0.162. The molecule has 0 spiro atoms. The number of esters is 3. The standard InChI is InChI=1S/C26H26O6/c1-4-24(27)30-17-7-5-6-8-18-31-26(29)22-11-9-20(10-12-22)21-13-15-23(16-14-21)32-25(28)19(2)3/h4-6,9-16H,1-2,7-8,17-18H2,3H3/b6-5+. The van der Waals surface area contributed by atoms with Gasteiger partial charge in [-0.1, -0.05) is 49.6 Å². The fourth-order valence-corrected chi connectivity index (χ4v) is 2.53. The Hall–Kier alpha value is -3.93. The minimum Gasteiger partial charge on any atom is -0.462 e. The smallest absolute Gasteiger partial charge is 0.338 e. The van der Waals surface area contributed by atoms with Gasteiger partial charge in [-0.15, -0.1) is 0 Å². The minimum absolute atomic E-state index is 0.258. The monoisotopic (exact) mass is 434 g/mol. The molecule has 0 saturated heterocycles. The lowest BCUT2D eigenvalue weighted by Gasteiger charge is -2.07. The molecule has 0 aliphatic carbocycles. The summed E-state index contributed by atoms with van der Waals surface area (Å²) in [7, 11) is 0. The van der Waals surface area contributed by atoms with E-state index in [-0.39, 0.29) is 13.2 Å². The largest absolute Gasteiger partial charge is 0.462 e. The topological polar surface area (TPSA) is 78.9 Å². The van der Waals surface area contributed by atoms with Crippen molar-refractivity contribution in [2.75, 3.05) is 13.2 Å². The van der Waals surface area contributed by atoms with E-state index >= 15 is 0 Å². The van der Waals surface area contributed by atoms with Gasteiger partial charge in [-0.2, -0.15) is 0 Å². The summed E-state index contributed by atoms with van der Waals surface area (Å²) in [5.74, 6) is -0.870. The molecular weight excluding hydrogens is 408 g/mol. The van der Waals surface area contributed by atoms with E-state index in [1.807, 2.05) is 36.4 Å². The van der Waals surface area contributed by atoms with Gasteiger partial charge in [-0.05, 0) is 55.2 Å². The number of carbonyl (C=O) groups excluding carboxylic acids is 3. The Kier molecular flexibility index (Phi) is 9.66. The molecule has 0 aliphatic rings. The van der Waals surface area contributed by atoms with Crippen LogP contribution >= 0.6 is 0 Å². The zero-order valence-electron chi connectivity index (χ0n) is 18.0. The highest BCUT2D eigenvalue weighted by Gasteiger charge is 2.08. The third kappa shape index (κ3) is 8.07. The summed E-state index contributed by atoms with van der Waals surface area (Å²) in [5, 5.41) is 0. The molecule has 166 valence electrons. The van der Waals surface area contributed by atoms with Crippen molar-refractivity contribution in [3.63, 3.8) is 0 Å². The zero-order chi connectivity index (χ0) is 23.3. The lowest BCUT2D eigenvalue weighted by Crippen LogP contribution is -2.07. The van der Waals surface area contributed by atoms with Crippen LogP contribution in [0.5, 0.6) is 5.75 Å². The second kappa shape index (κ2) is 12.7. The fourth-order valence-electron chi connectivity index (χ4n) is 2.53. The molecule has 0 bridgehead atoms. The second-order valence-corrected chi connectivity index (χ2v) is 6.83. The van der Waals surface area contributed by atoms with Gasteiger partial charge < -0.3 is 14.2 Å². The Morgan fingerprint density at radius 2 is 1.38 bits per heavy atom. The maximum Gasteiger partial charge on any atom is 0.338 e. The molecule has 6 heteroatoms. The first-order valence-corrected chi connectivity index (χ1v) is 10.1. The first-order chi connectivity index (χ1) is 15.4. The Bertz CT molecular complexity index is 984. The summed E-state index contributed by atoms with van der Waals surface area (Å²) in [6.07, 6.45) is 6.02. The van der Waals surface area contributed by atoms with Gasteiger partial charge in [0, 0.05) is 11.6 Å². The number of rotatable bonds is 11. The van der Waals surface area contributed by atoms with Crippen LogP contribution in [0.4, 0.5) is 0 Å². The molecule has 0 radical (unpaired) electrons. The molecule has 2 aromatic carbocycles. The van der Waals surface area contributed by atoms with Gasteiger partial charge in [0.2, 0.25) is 0 Å². The summed E-state index contributed by atoms with van der Waals surface area (Å²) < 4.78 is 15.3. The van der Waals surface area contributed by atoms with Crippen molar-refractivity contribution in [1.29, 1.82) is 0 Å². The molecule has 6 nitrogen and oxygen atoms in total. The average molecular weight is 434 g/mol. The first kappa shape index (κ1) is 24.3. The predicted octanol–water partition coefficient (Wildman–Crippen LogP) is 5.06. The van der Waals surface area contributed by atoms with Gasteiger partial charge in [0.1, 0.15) is 5.75 Å². The van der Waals surface area contributed by atoms with Crippen molar-refractivity contribution in [3.8, 4) is 16.9 Å². The van der Waals surface area contributed by atoms with Crippen LogP contribution in [0.2, 0.25) is 0 Å². The lowest BCUT2D eigenvalue weighted by molar-refractivity contribution is -0.137. The van der Waals surface area contributed by atoms with Crippen LogP contribution in [0.15, 0.2) is 85.5 Å². The van der Waals surface area contributed by atoms with Gasteiger partial charge in [0.05, 0.1) is 18.8 Å². The number of hydrogen-bond acceptors (Lipinski definition) is 6. The molecule has 0 atom stereocenters. The van der Waals surface area contributed by atoms with Crippen LogP contribution in [0.3, 0.4) is 0 Å². The van der Waals surface area contributed by atoms with Gasteiger partial charge in [-0.25, -0.2) is 14.4 Å². The Balaban J connectivity index is 1.78. The average Bonchev–Trinajstić information content (AvgIpc) is 2.81. The molecule has 32 heavy (non-hydrogen) atoms. The highest BCUT2D eigenvalue weighted by molar-refractivity contribution is 5.90. The zero-order valence-corrected chi connectivity index (χ0v) is 18.0. The van der Waals surface area contributed by atoms with Gasteiger partial charge in [-0.3, -0.25) is 0 Å². The van der Waals surface area contributed by atoms with Gasteiger partial charge in [0.25, 0.3) is 0 Å². The molecule has 0 aliphatic heterocycles. The van der Waals surface area contributed by atoms with Crippen molar-refractivity contribution in [2.45, 2.75) is 19.8 Å². The van der Waals surface area contributed by atoms with E-state index in [9.17, 15) is 14.4 Å². The van der Waals surface area contributed by atoms with E-state index in [0.29, 0.717) is 29.7 Å². The highest BCUT2D eigenvalue weighted by atomic mass is 16.5. The van der Waals surface area contributed by atoms with Crippen LogP contribution < -0.4 is 4.74 Å². The van der Waals surface area contributed by atoms with E-state index < -0.39 is 17.9 Å². The molecule has 0 saturated carbocycles. The lowest BCUT2D eigenvalue weighted by atomic mass is 10.0. The molecule has 0 fully saturated rings. The summed E-state index contributed by atoms with van der Waals surface area (Å²) in [6.45, 7) is 9.01. The summed E-state index contributed by atoms with van der Waals surface area (Å²) >= 11 is 0. The predicted molar refractivity (Wildman–Crippen MR) is 122 cm³/mol. The summed E-state index contributed by atoms with van der Waals surface area (Å²) in [4.78, 5) is 34.6. The van der Waals surface area contributed by atoms with Crippen LogP contribution in [-0.4, -0.2) is 31.1 Å².